The highest BCUT2D eigenvalue weighted by Gasteiger charge is 2.49. The van der Waals surface area contributed by atoms with Crippen molar-refractivity contribution in [3.05, 3.63) is 21.3 Å². The van der Waals surface area contributed by atoms with Crippen LogP contribution in [0.25, 0.3) is 0 Å². The number of ether oxygens (including phenoxy) is 1. The Morgan fingerprint density at radius 1 is 1.68 bits per heavy atom. The Morgan fingerprint density at radius 2 is 2.47 bits per heavy atom. The van der Waals surface area contributed by atoms with E-state index in [0.29, 0.717) is 5.02 Å². The first kappa shape index (κ1) is 13.2. The molecule has 6 heteroatoms. The van der Waals surface area contributed by atoms with Crippen molar-refractivity contribution in [3.63, 3.8) is 0 Å². The second-order valence-electron chi connectivity index (χ2n) is 5.24. The van der Waals surface area contributed by atoms with Gasteiger partial charge in [0.15, 0.2) is 0 Å². The number of nitrogens with zero attached hydrogens (tertiary/aromatic N) is 1. The first-order chi connectivity index (χ1) is 9.07. The lowest BCUT2D eigenvalue weighted by molar-refractivity contribution is -0.145. The molecule has 1 aromatic rings. The smallest absolute Gasteiger partial charge is 0.308 e. The topological polar surface area (TPSA) is 51.2 Å². The highest BCUT2D eigenvalue weighted by Crippen LogP contribution is 2.53. The van der Waals surface area contributed by atoms with Gasteiger partial charge in [-0.1, -0.05) is 11.6 Å². The van der Waals surface area contributed by atoms with Gasteiger partial charge in [-0.2, -0.15) is 0 Å². The highest BCUT2D eigenvalue weighted by molar-refractivity contribution is 9.10. The molecule has 4 nitrogen and oxygen atoms in total. The zero-order valence-corrected chi connectivity index (χ0v) is 12.8. The maximum absolute atomic E-state index is 11.7. The highest BCUT2D eigenvalue weighted by atomic mass is 79.9. The number of hydrogen-bond acceptors (Lipinski definition) is 4. The Bertz CT molecular complexity index is 552. The van der Waals surface area contributed by atoms with Crippen LogP contribution in [0.3, 0.4) is 0 Å². The fourth-order valence-corrected chi connectivity index (χ4v) is 3.95. The van der Waals surface area contributed by atoms with Gasteiger partial charge in [-0.05, 0) is 35.2 Å². The minimum Gasteiger partial charge on any atom is -0.469 e. The Balaban J connectivity index is 1.99. The van der Waals surface area contributed by atoms with E-state index in [0.717, 1.165) is 41.7 Å². The summed E-state index contributed by atoms with van der Waals surface area (Å²) in [6, 6.07) is 0. The summed E-state index contributed by atoms with van der Waals surface area (Å²) in [7, 11) is 1.44. The standard InChI is InChI=1S/C13H14BrClN2O2/c1-19-12(18)7-2-3-13(4-7)6-17-11-9(13)10(15)8(14)5-16-11/h5,7H,2-4,6H2,1H3,(H,16,17). The van der Waals surface area contributed by atoms with Crippen LogP contribution in [0.5, 0.6) is 0 Å². The third kappa shape index (κ3) is 1.94. The molecule has 1 aromatic heterocycles. The molecular weight excluding hydrogens is 332 g/mol. The Morgan fingerprint density at radius 3 is 3.21 bits per heavy atom. The SMILES string of the molecule is COC(=O)C1CCC2(CNc3ncc(Br)c(Cl)c32)C1. The van der Waals surface area contributed by atoms with Crippen molar-refractivity contribution in [2.24, 2.45) is 5.92 Å². The minimum atomic E-state index is -0.121. The molecule has 3 rings (SSSR count). The number of nitrogens with one attached hydrogen (secondary N) is 1. The Labute approximate surface area is 125 Å². The van der Waals surface area contributed by atoms with Crippen molar-refractivity contribution < 1.29 is 9.53 Å². The third-order valence-electron chi connectivity index (χ3n) is 4.24. The van der Waals surface area contributed by atoms with Gasteiger partial charge in [-0.15, -0.1) is 0 Å². The van der Waals surface area contributed by atoms with Crippen molar-refractivity contribution in [3.8, 4) is 0 Å². The van der Waals surface area contributed by atoms with Crippen molar-refractivity contribution in [1.82, 2.24) is 4.98 Å². The fourth-order valence-electron chi connectivity index (χ4n) is 3.31. The van der Waals surface area contributed by atoms with Gasteiger partial charge in [0.1, 0.15) is 5.82 Å². The molecular formula is C13H14BrClN2O2. The number of carbonyl (C=O) groups excluding carboxylic acids is 1. The average molecular weight is 346 g/mol. The third-order valence-corrected chi connectivity index (χ3v) is 5.46. The van der Waals surface area contributed by atoms with Crippen LogP contribution in [0.15, 0.2) is 10.7 Å². The van der Waals surface area contributed by atoms with Crippen LogP contribution in [0, 0.1) is 5.92 Å². The average Bonchev–Trinajstić information content (AvgIpc) is 3.00. The molecule has 2 atom stereocenters. The van der Waals surface area contributed by atoms with E-state index < -0.39 is 0 Å². The summed E-state index contributed by atoms with van der Waals surface area (Å²) in [5.41, 5.74) is 0.970. The van der Waals surface area contributed by atoms with E-state index in [1.165, 1.54) is 7.11 Å². The number of rotatable bonds is 1. The second-order valence-corrected chi connectivity index (χ2v) is 6.47. The number of anilines is 1. The molecule has 0 aromatic carbocycles. The van der Waals surface area contributed by atoms with E-state index in [9.17, 15) is 4.79 Å². The first-order valence-corrected chi connectivity index (χ1v) is 7.41. The normalized spacial score (nSPS) is 28.3. The van der Waals surface area contributed by atoms with Crippen LogP contribution >= 0.6 is 27.5 Å². The molecule has 2 heterocycles. The van der Waals surface area contributed by atoms with Crippen molar-refractivity contribution in [2.45, 2.75) is 24.7 Å². The molecule has 2 unspecified atom stereocenters. The van der Waals surface area contributed by atoms with Crippen LogP contribution in [-0.4, -0.2) is 24.6 Å². The lowest BCUT2D eigenvalue weighted by Gasteiger charge is -2.24. The van der Waals surface area contributed by atoms with Gasteiger partial charge in [-0.3, -0.25) is 4.79 Å². The van der Waals surface area contributed by atoms with Gasteiger partial charge in [0, 0.05) is 23.7 Å². The lowest BCUT2D eigenvalue weighted by Crippen LogP contribution is -2.26. The van der Waals surface area contributed by atoms with E-state index in [2.05, 4.69) is 26.2 Å². The van der Waals surface area contributed by atoms with E-state index >= 15 is 0 Å². The lowest BCUT2D eigenvalue weighted by atomic mass is 9.80. The maximum atomic E-state index is 11.7. The van der Waals surface area contributed by atoms with E-state index in [1.54, 1.807) is 6.20 Å². The monoisotopic (exact) mass is 344 g/mol. The largest absolute Gasteiger partial charge is 0.469 e. The molecule has 19 heavy (non-hydrogen) atoms. The van der Waals surface area contributed by atoms with Gasteiger partial charge in [-0.25, -0.2) is 4.98 Å². The summed E-state index contributed by atoms with van der Waals surface area (Å²) in [5, 5.41) is 4.02. The Hall–Kier alpha value is -0.810. The predicted molar refractivity (Wildman–Crippen MR) is 76.5 cm³/mol. The van der Waals surface area contributed by atoms with Gasteiger partial charge >= 0.3 is 5.97 Å². The van der Waals surface area contributed by atoms with Crippen molar-refractivity contribution in [1.29, 1.82) is 0 Å². The molecule has 0 saturated heterocycles. The molecule has 0 bridgehead atoms. The van der Waals surface area contributed by atoms with Gasteiger partial charge in [0.2, 0.25) is 0 Å². The summed E-state index contributed by atoms with van der Waals surface area (Å²) in [6.07, 6.45) is 4.26. The second kappa shape index (κ2) is 4.63. The molecule has 102 valence electrons. The van der Waals surface area contributed by atoms with Crippen LogP contribution < -0.4 is 5.32 Å². The maximum Gasteiger partial charge on any atom is 0.308 e. The van der Waals surface area contributed by atoms with E-state index in [4.69, 9.17) is 16.3 Å². The zero-order chi connectivity index (χ0) is 13.6. The van der Waals surface area contributed by atoms with Crippen LogP contribution in [-0.2, 0) is 14.9 Å². The quantitative estimate of drug-likeness (QED) is 0.795. The number of esters is 1. The summed E-state index contributed by atoms with van der Waals surface area (Å²) in [6.45, 7) is 0.791. The number of carbonyl (C=O) groups is 1. The van der Waals surface area contributed by atoms with Gasteiger partial charge in [0.25, 0.3) is 0 Å². The number of halogens is 2. The fraction of sp³-hybridized carbons (Fsp3) is 0.538. The molecule has 1 spiro atoms. The van der Waals surface area contributed by atoms with Crippen LogP contribution in [0.1, 0.15) is 24.8 Å². The molecule has 0 radical (unpaired) electrons. The zero-order valence-electron chi connectivity index (χ0n) is 10.5. The van der Waals surface area contributed by atoms with Gasteiger partial charge < -0.3 is 10.1 Å². The van der Waals surface area contributed by atoms with E-state index in [1.807, 2.05) is 0 Å². The molecule has 1 aliphatic heterocycles. The minimum absolute atomic E-state index is 0.0344. The summed E-state index contributed by atoms with van der Waals surface area (Å²) in [5.74, 6) is 0.691. The summed E-state index contributed by atoms with van der Waals surface area (Å²) in [4.78, 5) is 16.1. The number of pyridine rings is 1. The predicted octanol–water partition coefficient (Wildman–Crippen LogP) is 3.13. The molecule has 1 saturated carbocycles. The molecule has 2 aliphatic rings. The Kier molecular flexibility index (Phi) is 3.21. The molecule has 1 aliphatic carbocycles. The van der Waals surface area contributed by atoms with Crippen LogP contribution in [0.2, 0.25) is 5.02 Å². The van der Waals surface area contributed by atoms with Gasteiger partial charge in [0.05, 0.1) is 22.5 Å². The summed E-state index contributed by atoms with van der Waals surface area (Å²) >= 11 is 9.85. The first-order valence-electron chi connectivity index (χ1n) is 6.23. The molecule has 1 fully saturated rings. The van der Waals surface area contributed by atoms with Crippen molar-refractivity contribution in [2.75, 3.05) is 19.0 Å². The number of aromatic nitrogens is 1. The number of hydrogen-bond donors (Lipinski definition) is 1. The molecule has 0 amide bonds. The molecule has 1 N–H and O–H groups in total. The van der Waals surface area contributed by atoms with Crippen molar-refractivity contribution >= 4 is 39.3 Å². The number of fused-ring (bicyclic) bond motifs is 2. The summed E-state index contributed by atoms with van der Waals surface area (Å²) < 4.78 is 5.66. The van der Waals surface area contributed by atoms with E-state index in [-0.39, 0.29) is 17.3 Å². The van der Waals surface area contributed by atoms with Crippen LogP contribution in [0.4, 0.5) is 5.82 Å². The number of methoxy groups -OCH3 is 1.